The average Bonchev–Trinajstić information content (AvgIpc) is 2.53. The van der Waals surface area contributed by atoms with Crippen molar-refractivity contribution >= 4 is 0 Å². The number of nitrogens with one attached hydrogen (secondary N) is 1. The fourth-order valence-electron chi connectivity index (χ4n) is 2.12. The van der Waals surface area contributed by atoms with Crippen LogP contribution in [0.15, 0.2) is 54.6 Å². The second-order valence-corrected chi connectivity index (χ2v) is 4.93. The van der Waals surface area contributed by atoms with Gasteiger partial charge in [-0.05, 0) is 23.1 Å². The maximum absolute atomic E-state index is 8.90. The van der Waals surface area contributed by atoms with E-state index in [-0.39, 0.29) is 5.92 Å². The molecule has 0 aromatic heterocycles. The third kappa shape index (κ3) is 3.94. The van der Waals surface area contributed by atoms with Crippen LogP contribution in [-0.2, 0) is 6.54 Å². The Morgan fingerprint density at radius 1 is 1.00 bits per heavy atom. The molecule has 0 spiro atoms. The molecule has 0 radical (unpaired) electrons. The van der Waals surface area contributed by atoms with E-state index in [1.54, 1.807) is 0 Å². The van der Waals surface area contributed by atoms with Gasteiger partial charge in [0.1, 0.15) is 0 Å². The molecule has 0 amide bonds. The van der Waals surface area contributed by atoms with Gasteiger partial charge in [-0.15, -0.1) is 0 Å². The Kier molecular flexibility index (Phi) is 5.34. The van der Waals surface area contributed by atoms with Gasteiger partial charge in [0.2, 0.25) is 0 Å². The molecule has 1 atom stereocenters. The van der Waals surface area contributed by atoms with E-state index in [0.717, 1.165) is 19.5 Å². The Balaban J connectivity index is 1.91. The van der Waals surface area contributed by atoms with Crippen molar-refractivity contribution in [3.63, 3.8) is 0 Å². The van der Waals surface area contributed by atoms with Crippen molar-refractivity contribution in [2.45, 2.75) is 19.9 Å². The van der Waals surface area contributed by atoms with Crippen LogP contribution in [0.4, 0.5) is 0 Å². The molecule has 0 bridgehead atoms. The lowest BCUT2D eigenvalue weighted by molar-refractivity contribution is 0.553. The molecule has 0 aliphatic heterocycles. The van der Waals surface area contributed by atoms with Crippen LogP contribution in [0, 0.1) is 17.2 Å². The van der Waals surface area contributed by atoms with Gasteiger partial charge in [0.15, 0.2) is 0 Å². The van der Waals surface area contributed by atoms with Gasteiger partial charge in [0.25, 0.3) is 0 Å². The number of rotatable bonds is 6. The molecule has 2 heteroatoms. The highest BCUT2D eigenvalue weighted by Crippen LogP contribution is 2.19. The van der Waals surface area contributed by atoms with Gasteiger partial charge >= 0.3 is 0 Å². The van der Waals surface area contributed by atoms with Crippen LogP contribution in [0.25, 0.3) is 11.1 Å². The number of hydrogen-bond acceptors (Lipinski definition) is 2. The number of nitriles is 1. The van der Waals surface area contributed by atoms with E-state index in [1.165, 1.54) is 16.7 Å². The standard InChI is InChI=1S/C18H20N2/c1-2-15(12-19)13-20-14-16-8-10-18(11-9-16)17-6-4-3-5-7-17/h3-11,15,20H,2,13-14H2,1H3. The van der Waals surface area contributed by atoms with Crippen molar-refractivity contribution in [3.05, 3.63) is 60.2 Å². The van der Waals surface area contributed by atoms with Crippen LogP contribution in [-0.4, -0.2) is 6.54 Å². The quantitative estimate of drug-likeness (QED) is 0.856. The fraction of sp³-hybridized carbons (Fsp3) is 0.278. The van der Waals surface area contributed by atoms with E-state index in [0.29, 0.717) is 0 Å². The molecule has 2 rings (SSSR count). The van der Waals surface area contributed by atoms with Gasteiger partial charge in [0.05, 0.1) is 12.0 Å². The molecule has 2 aromatic carbocycles. The Morgan fingerprint density at radius 3 is 2.25 bits per heavy atom. The monoisotopic (exact) mass is 264 g/mol. The molecule has 0 saturated heterocycles. The van der Waals surface area contributed by atoms with Crippen LogP contribution >= 0.6 is 0 Å². The minimum atomic E-state index is 0.110. The number of hydrogen-bond donors (Lipinski definition) is 1. The van der Waals surface area contributed by atoms with Crippen LogP contribution in [0.3, 0.4) is 0 Å². The molecule has 0 aliphatic rings. The van der Waals surface area contributed by atoms with Gasteiger partial charge in [0, 0.05) is 13.1 Å². The lowest BCUT2D eigenvalue weighted by atomic mass is 10.0. The molecule has 102 valence electrons. The van der Waals surface area contributed by atoms with Crippen molar-refractivity contribution in [2.75, 3.05) is 6.54 Å². The maximum Gasteiger partial charge on any atom is 0.0669 e. The minimum Gasteiger partial charge on any atom is -0.311 e. The van der Waals surface area contributed by atoms with Crippen molar-refractivity contribution in [3.8, 4) is 17.2 Å². The Morgan fingerprint density at radius 2 is 1.65 bits per heavy atom. The summed E-state index contributed by atoms with van der Waals surface area (Å²) >= 11 is 0. The third-order valence-electron chi connectivity index (χ3n) is 3.46. The lowest BCUT2D eigenvalue weighted by Crippen LogP contribution is -2.21. The fourth-order valence-corrected chi connectivity index (χ4v) is 2.12. The molecule has 0 fully saturated rings. The largest absolute Gasteiger partial charge is 0.311 e. The highest BCUT2D eigenvalue weighted by Gasteiger charge is 2.03. The molecule has 0 heterocycles. The van der Waals surface area contributed by atoms with E-state index >= 15 is 0 Å². The van der Waals surface area contributed by atoms with Crippen LogP contribution in [0.5, 0.6) is 0 Å². The summed E-state index contributed by atoms with van der Waals surface area (Å²) in [6.07, 6.45) is 0.899. The summed E-state index contributed by atoms with van der Waals surface area (Å²) in [5, 5.41) is 12.2. The molecular weight excluding hydrogens is 244 g/mol. The smallest absolute Gasteiger partial charge is 0.0669 e. The van der Waals surface area contributed by atoms with Crippen LogP contribution in [0.1, 0.15) is 18.9 Å². The predicted octanol–water partition coefficient (Wildman–Crippen LogP) is 3.99. The number of nitrogens with zero attached hydrogens (tertiary/aromatic N) is 1. The summed E-state index contributed by atoms with van der Waals surface area (Å²) in [5.74, 6) is 0.110. The Labute approximate surface area is 121 Å². The summed E-state index contributed by atoms with van der Waals surface area (Å²) in [7, 11) is 0. The van der Waals surface area contributed by atoms with Gasteiger partial charge < -0.3 is 5.32 Å². The normalized spacial score (nSPS) is 11.8. The summed E-state index contributed by atoms with van der Waals surface area (Å²) in [5.41, 5.74) is 3.72. The van der Waals surface area contributed by atoms with Gasteiger partial charge in [-0.2, -0.15) is 5.26 Å². The van der Waals surface area contributed by atoms with Crippen LogP contribution in [0.2, 0.25) is 0 Å². The molecule has 20 heavy (non-hydrogen) atoms. The predicted molar refractivity (Wildman–Crippen MR) is 83.0 cm³/mol. The van der Waals surface area contributed by atoms with Crippen molar-refractivity contribution < 1.29 is 0 Å². The zero-order valence-electron chi connectivity index (χ0n) is 11.8. The van der Waals surface area contributed by atoms with Crippen molar-refractivity contribution in [1.82, 2.24) is 5.32 Å². The SMILES string of the molecule is CCC(C#N)CNCc1ccc(-c2ccccc2)cc1. The molecule has 2 aromatic rings. The maximum atomic E-state index is 8.90. The first-order valence-corrected chi connectivity index (χ1v) is 7.08. The average molecular weight is 264 g/mol. The van der Waals surface area contributed by atoms with E-state index in [2.05, 4.69) is 59.9 Å². The zero-order chi connectivity index (χ0) is 14.2. The molecule has 1 unspecified atom stereocenters. The summed E-state index contributed by atoms with van der Waals surface area (Å²) in [6, 6.07) is 21.3. The molecule has 1 N–H and O–H groups in total. The van der Waals surface area contributed by atoms with E-state index in [9.17, 15) is 0 Å². The van der Waals surface area contributed by atoms with Gasteiger partial charge in [-0.3, -0.25) is 0 Å². The lowest BCUT2D eigenvalue weighted by Gasteiger charge is -2.09. The van der Waals surface area contributed by atoms with Gasteiger partial charge in [-0.25, -0.2) is 0 Å². The first kappa shape index (κ1) is 14.3. The number of benzene rings is 2. The van der Waals surface area contributed by atoms with Gasteiger partial charge in [-0.1, -0.05) is 61.5 Å². The van der Waals surface area contributed by atoms with Crippen LogP contribution < -0.4 is 5.32 Å². The first-order valence-electron chi connectivity index (χ1n) is 7.08. The Hall–Kier alpha value is -2.11. The molecule has 0 saturated carbocycles. The highest BCUT2D eigenvalue weighted by molar-refractivity contribution is 5.63. The van der Waals surface area contributed by atoms with Crippen molar-refractivity contribution in [2.24, 2.45) is 5.92 Å². The second kappa shape index (κ2) is 7.47. The molecule has 2 nitrogen and oxygen atoms in total. The summed E-state index contributed by atoms with van der Waals surface area (Å²) in [4.78, 5) is 0. The first-order chi connectivity index (χ1) is 9.83. The Bertz CT molecular complexity index is 552. The molecule has 0 aliphatic carbocycles. The van der Waals surface area contributed by atoms with E-state index in [1.807, 2.05) is 13.0 Å². The summed E-state index contributed by atoms with van der Waals surface area (Å²) < 4.78 is 0. The second-order valence-electron chi connectivity index (χ2n) is 4.93. The summed E-state index contributed by atoms with van der Waals surface area (Å²) in [6.45, 7) is 3.62. The minimum absolute atomic E-state index is 0.110. The zero-order valence-corrected chi connectivity index (χ0v) is 11.8. The van der Waals surface area contributed by atoms with Crippen molar-refractivity contribution in [1.29, 1.82) is 5.26 Å². The highest BCUT2D eigenvalue weighted by atomic mass is 14.9. The molecular formula is C18H20N2. The van der Waals surface area contributed by atoms with E-state index in [4.69, 9.17) is 5.26 Å². The van der Waals surface area contributed by atoms with E-state index < -0.39 is 0 Å². The third-order valence-corrected chi connectivity index (χ3v) is 3.46. The topological polar surface area (TPSA) is 35.8 Å².